The van der Waals surface area contributed by atoms with E-state index in [0.717, 1.165) is 11.1 Å². The summed E-state index contributed by atoms with van der Waals surface area (Å²) in [6.45, 7) is 1.72. The molecule has 100 valence electrons. The second-order valence-corrected chi connectivity index (χ2v) is 4.21. The molecule has 2 aromatic rings. The number of halogens is 1. The van der Waals surface area contributed by atoms with Crippen LogP contribution in [0.2, 0.25) is 0 Å². The van der Waals surface area contributed by atoms with Crippen molar-refractivity contribution in [2.24, 2.45) is 5.84 Å². The molecule has 0 fully saturated rings. The van der Waals surface area contributed by atoms with Crippen LogP contribution < -0.4 is 16.0 Å². The predicted molar refractivity (Wildman–Crippen MR) is 71.1 cm³/mol. The van der Waals surface area contributed by atoms with Crippen LogP contribution in [-0.2, 0) is 0 Å². The first-order chi connectivity index (χ1) is 9.17. The Labute approximate surface area is 111 Å². The van der Waals surface area contributed by atoms with Crippen molar-refractivity contribution in [3.8, 4) is 5.88 Å². The topological polar surface area (TPSA) is 60.2 Å². The van der Waals surface area contributed by atoms with Crippen LogP contribution in [0.3, 0.4) is 0 Å². The van der Waals surface area contributed by atoms with Gasteiger partial charge in [-0.25, -0.2) is 14.8 Å². The predicted octanol–water partition coefficient (Wildman–Crippen LogP) is 2.09. The van der Waals surface area contributed by atoms with E-state index >= 15 is 0 Å². The highest BCUT2D eigenvalue weighted by atomic mass is 19.1. The number of nitrogens with two attached hydrogens (primary N) is 1. The lowest BCUT2D eigenvalue weighted by molar-refractivity contribution is 0.387. The molecular formula is C14H16FN3O. The standard InChI is InChI=1S/C14H16FN3O/c1-9-8-10(5-6-12(9)15)13(18-16)11-4-3-7-17-14(11)19-2/h3-8,13,18H,16H2,1-2H3. The summed E-state index contributed by atoms with van der Waals surface area (Å²) < 4.78 is 18.5. The molecule has 4 nitrogen and oxygen atoms in total. The summed E-state index contributed by atoms with van der Waals surface area (Å²) in [6.07, 6.45) is 1.64. The molecular weight excluding hydrogens is 245 g/mol. The lowest BCUT2D eigenvalue weighted by Crippen LogP contribution is -2.29. The zero-order valence-electron chi connectivity index (χ0n) is 10.9. The van der Waals surface area contributed by atoms with Gasteiger partial charge in [0.05, 0.1) is 13.2 Å². The number of ether oxygens (including phenoxy) is 1. The molecule has 19 heavy (non-hydrogen) atoms. The van der Waals surface area contributed by atoms with Crippen LogP contribution in [0.25, 0.3) is 0 Å². The number of hydrogen-bond donors (Lipinski definition) is 2. The number of pyridine rings is 1. The molecule has 1 unspecified atom stereocenters. The van der Waals surface area contributed by atoms with E-state index in [4.69, 9.17) is 10.6 Å². The second kappa shape index (κ2) is 5.77. The van der Waals surface area contributed by atoms with Crippen molar-refractivity contribution in [1.82, 2.24) is 10.4 Å². The van der Waals surface area contributed by atoms with Crippen molar-refractivity contribution in [3.05, 3.63) is 59.0 Å². The van der Waals surface area contributed by atoms with Crippen LogP contribution in [0, 0.1) is 12.7 Å². The Morgan fingerprint density at radius 2 is 2.16 bits per heavy atom. The Balaban J connectivity index is 2.46. The highest BCUT2D eigenvalue weighted by Gasteiger charge is 2.18. The number of hydrazine groups is 1. The third kappa shape index (κ3) is 2.72. The van der Waals surface area contributed by atoms with Crippen LogP contribution >= 0.6 is 0 Å². The van der Waals surface area contributed by atoms with Crippen molar-refractivity contribution in [3.63, 3.8) is 0 Å². The molecule has 0 saturated heterocycles. The molecule has 3 N–H and O–H groups in total. The minimum atomic E-state index is -0.303. The molecule has 0 aliphatic carbocycles. The third-order valence-electron chi connectivity index (χ3n) is 2.99. The van der Waals surface area contributed by atoms with Crippen molar-refractivity contribution in [1.29, 1.82) is 0 Å². The summed E-state index contributed by atoms with van der Waals surface area (Å²) in [5.74, 6) is 5.88. The van der Waals surface area contributed by atoms with Gasteiger partial charge in [-0.15, -0.1) is 0 Å². The zero-order valence-corrected chi connectivity index (χ0v) is 10.9. The average molecular weight is 261 g/mol. The maximum Gasteiger partial charge on any atom is 0.218 e. The molecule has 2 rings (SSSR count). The first kappa shape index (κ1) is 13.5. The Kier molecular flexibility index (Phi) is 4.09. The van der Waals surface area contributed by atoms with Crippen molar-refractivity contribution >= 4 is 0 Å². The normalized spacial score (nSPS) is 12.2. The van der Waals surface area contributed by atoms with Gasteiger partial charge >= 0.3 is 0 Å². The number of hydrogen-bond acceptors (Lipinski definition) is 4. The smallest absolute Gasteiger partial charge is 0.218 e. The maximum atomic E-state index is 13.3. The van der Waals surface area contributed by atoms with E-state index in [2.05, 4.69) is 10.4 Å². The first-order valence-electron chi connectivity index (χ1n) is 5.88. The van der Waals surface area contributed by atoms with Crippen LogP contribution in [0.15, 0.2) is 36.5 Å². The SMILES string of the molecule is COc1ncccc1C(NN)c1ccc(F)c(C)c1. The zero-order chi connectivity index (χ0) is 13.8. The number of methoxy groups -OCH3 is 1. The highest BCUT2D eigenvalue weighted by Crippen LogP contribution is 2.28. The van der Waals surface area contributed by atoms with Crippen LogP contribution in [0.1, 0.15) is 22.7 Å². The van der Waals surface area contributed by atoms with Gasteiger partial charge in [0.25, 0.3) is 0 Å². The number of benzene rings is 1. The van der Waals surface area contributed by atoms with Gasteiger partial charge in [-0.2, -0.15) is 0 Å². The molecule has 5 heteroatoms. The Morgan fingerprint density at radius 3 is 2.79 bits per heavy atom. The second-order valence-electron chi connectivity index (χ2n) is 4.21. The van der Waals surface area contributed by atoms with Gasteiger partial charge in [0.1, 0.15) is 5.82 Å². The summed E-state index contributed by atoms with van der Waals surface area (Å²) in [7, 11) is 1.55. The molecule has 0 amide bonds. The van der Waals surface area contributed by atoms with Gasteiger partial charge in [-0.1, -0.05) is 18.2 Å². The minimum absolute atomic E-state index is 0.238. The van der Waals surface area contributed by atoms with Crippen molar-refractivity contribution < 1.29 is 9.13 Å². The molecule has 1 atom stereocenters. The number of aromatic nitrogens is 1. The summed E-state index contributed by atoms with van der Waals surface area (Å²) >= 11 is 0. The lowest BCUT2D eigenvalue weighted by Gasteiger charge is -2.19. The van der Waals surface area contributed by atoms with Crippen LogP contribution in [0.5, 0.6) is 5.88 Å². The molecule has 1 aromatic carbocycles. The van der Waals surface area contributed by atoms with E-state index in [1.165, 1.54) is 6.07 Å². The van der Waals surface area contributed by atoms with Crippen molar-refractivity contribution in [2.45, 2.75) is 13.0 Å². The van der Waals surface area contributed by atoms with E-state index in [9.17, 15) is 4.39 Å². The lowest BCUT2D eigenvalue weighted by atomic mass is 9.98. The minimum Gasteiger partial charge on any atom is -0.481 e. The van der Waals surface area contributed by atoms with E-state index < -0.39 is 0 Å². The van der Waals surface area contributed by atoms with E-state index in [1.54, 1.807) is 38.4 Å². The van der Waals surface area contributed by atoms with E-state index in [-0.39, 0.29) is 11.9 Å². The Bertz CT molecular complexity index is 574. The molecule has 1 aromatic heterocycles. The van der Waals surface area contributed by atoms with Gasteiger partial charge in [0.15, 0.2) is 0 Å². The quantitative estimate of drug-likeness (QED) is 0.653. The molecule has 1 heterocycles. The fourth-order valence-electron chi connectivity index (χ4n) is 2.01. The van der Waals surface area contributed by atoms with E-state index in [0.29, 0.717) is 11.4 Å². The Morgan fingerprint density at radius 1 is 1.37 bits per heavy atom. The van der Waals surface area contributed by atoms with Crippen LogP contribution in [0.4, 0.5) is 4.39 Å². The fraction of sp³-hybridized carbons (Fsp3) is 0.214. The number of nitrogens with one attached hydrogen (secondary N) is 1. The van der Waals surface area contributed by atoms with Crippen molar-refractivity contribution in [2.75, 3.05) is 7.11 Å². The molecule has 0 radical (unpaired) electrons. The number of nitrogens with zero attached hydrogens (tertiary/aromatic N) is 1. The molecule has 0 aliphatic heterocycles. The van der Waals surface area contributed by atoms with Gasteiger partial charge in [-0.05, 0) is 30.2 Å². The van der Waals surface area contributed by atoms with Crippen LogP contribution in [-0.4, -0.2) is 12.1 Å². The molecule has 0 saturated carbocycles. The van der Waals surface area contributed by atoms with Gasteiger partial charge in [0, 0.05) is 11.8 Å². The molecule has 0 spiro atoms. The summed E-state index contributed by atoms with van der Waals surface area (Å²) in [5, 5.41) is 0. The van der Waals surface area contributed by atoms with Gasteiger partial charge < -0.3 is 4.74 Å². The molecule has 0 aliphatic rings. The van der Waals surface area contributed by atoms with Gasteiger partial charge in [-0.3, -0.25) is 5.84 Å². The monoisotopic (exact) mass is 261 g/mol. The largest absolute Gasteiger partial charge is 0.481 e. The van der Waals surface area contributed by atoms with Gasteiger partial charge in [0.2, 0.25) is 5.88 Å². The summed E-state index contributed by atoms with van der Waals surface area (Å²) in [5.41, 5.74) is 4.94. The number of aryl methyl sites for hydroxylation is 1. The third-order valence-corrected chi connectivity index (χ3v) is 2.99. The number of rotatable bonds is 4. The summed E-state index contributed by atoms with van der Waals surface area (Å²) in [6, 6.07) is 8.25. The average Bonchev–Trinajstić information content (AvgIpc) is 2.44. The fourth-order valence-corrected chi connectivity index (χ4v) is 2.01. The van der Waals surface area contributed by atoms with E-state index in [1.807, 2.05) is 6.07 Å². The molecule has 0 bridgehead atoms. The maximum absolute atomic E-state index is 13.3. The Hall–Kier alpha value is -1.98. The first-order valence-corrected chi connectivity index (χ1v) is 5.88. The summed E-state index contributed by atoms with van der Waals surface area (Å²) in [4.78, 5) is 4.14. The highest BCUT2D eigenvalue weighted by molar-refractivity contribution is 5.38.